The molecule has 0 heterocycles. The van der Waals surface area contributed by atoms with Crippen LogP contribution in [0.2, 0.25) is 0 Å². The van der Waals surface area contributed by atoms with Gasteiger partial charge in [0.05, 0.1) is 11.9 Å². The molecule has 0 aliphatic rings. The topological polar surface area (TPSA) is 78.5 Å². The minimum absolute atomic E-state index is 0.211. The first-order valence-corrected chi connectivity index (χ1v) is 10.7. The van der Waals surface area contributed by atoms with Crippen LogP contribution in [-0.2, 0) is 16.6 Å². The van der Waals surface area contributed by atoms with Crippen molar-refractivity contribution < 1.29 is 13.2 Å². The van der Waals surface area contributed by atoms with E-state index < -0.39 is 10.0 Å². The number of hydrogen-bond acceptors (Lipinski definition) is 4. The van der Waals surface area contributed by atoms with Crippen molar-refractivity contribution in [3.63, 3.8) is 0 Å². The number of sulfonamides is 1. The third-order valence-electron chi connectivity index (χ3n) is 4.09. The molecule has 0 bridgehead atoms. The van der Waals surface area contributed by atoms with Crippen LogP contribution in [-0.4, -0.2) is 45.6 Å². The molecule has 0 saturated carbocycles. The smallest absolute Gasteiger partial charge is 0.251 e. The SMILES string of the molecule is Cc1ccc(C(=O)NCCCN(C)Cc2ccccc2)cc1NS(C)(=O)=O. The van der Waals surface area contributed by atoms with Gasteiger partial charge in [0.1, 0.15) is 0 Å². The Bertz CT molecular complexity index is 867. The summed E-state index contributed by atoms with van der Waals surface area (Å²) in [4.78, 5) is 14.5. The van der Waals surface area contributed by atoms with E-state index in [1.807, 2.05) is 18.2 Å². The minimum atomic E-state index is -3.39. The first kappa shape index (κ1) is 20.9. The molecule has 0 unspecified atom stereocenters. The van der Waals surface area contributed by atoms with E-state index in [2.05, 4.69) is 34.1 Å². The molecule has 2 aromatic carbocycles. The molecule has 0 saturated heterocycles. The maximum absolute atomic E-state index is 12.3. The quantitative estimate of drug-likeness (QED) is 0.646. The number of benzene rings is 2. The van der Waals surface area contributed by atoms with E-state index in [-0.39, 0.29) is 5.91 Å². The normalized spacial score (nSPS) is 11.4. The van der Waals surface area contributed by atoms with Crippen LogP contribution in [0.1, 0.15) is 27.9 Å². The highest BCUT2D eigenvalue weighted by Gasteiger charge is 2.10. The van der Waals surface area contributed by atoms with Crippen molar-refractivity contribution in [3.05, 3.63) is 65.2 Å². The van der Waals surface area contributed by atoms with Crippen LogP contribution >= 0.6 is 0 Å². The van der Waals surface area contributed by atoms with Crippen molar-refractivity contribution in [3.8, 4) is 0 Å². The van der Waals surface area contributed by atoms with E-state index in [4.69, 9.17) is 0 Å². The molecular formula is C20H27N3O3S. The fraction of sp³-hybridized carbons (Fsp3) is 0.350. The number of amides is 1. The highest BCUT2D eigenvalue weighted by Crippen LogP contribution is 2.18. The Morgan fingerprint density at radius 1 is 1.11 bits per heavy atom. The van der Waals surface area contributed by atoms with Gasteiger partial charge in [-0.15, -0.1) is 0 Å². The average molecular weight is 390 g/mol. The van der Waals surface area contributed by atoms with Crippen molar-refractivity contribution >= 4 is 21.6 Å². The van der Waals surface area contributed by atoms with Crippen LogP contribution in [0.5, 0.6) is 0 Å². The summed E-state index contributed by atoms with van der Waals surface area (Å²) in [5.74, 6) is -0.211. The fourth-order valence-corrected chi connectivity index (χ4v) is 3.32. The Morgan fingerprint density at radius 2 is 1.81 bits per heavy atom. The van der Waals surface area contributed by atoms with E-state index in [9.17, 15) is 13.2 Å². The first-order chi connectivity index (χ1) is 12.7. The Hall–Kier alpha value is -2.38. The highest BCUT2D eigenvalue weighted by molar-refractivity contribution is 7.92. The van der Waals surface area contributed by atoms with Gasteiger partial charge in [0.25, 0.3) is 5.91 Å². The Balaban J connectivity index is 1.81. The first-order valence-electron chi connectivity index (χ1n) is 8.84. The van der Waals surface area contributed by atoms with Gasteiger partial charge in [0.15, 0.2) is 0 Å². The molecule has 0 radical (unpaired) electrons. The third-order valence-corrected chi connectivity index (χ3v) is 4.68. The maximum Gasteiger partial charge on any atom is 0.251 e. The predicted octanol–water partition coefficient (Wildman–Crippen LogP) is 2.62. The molecule has 0 aromatic heterocycles. The standard InChI is InChI=1S/C20H27N3O3S/c1-16-10-11-18(14-19(16)22-27(3,25)26)20(24)21-12-7-13-23(2)15-17-8-5-4-6-9-17/h4-6,8-11,14,22H,7,12-13,15H2,1-3H3,(H,21,24). The van der Waals surface area contributed by atoms with Gasteiger partial charge >= 0.3 is 0 Å². The summed E-state index contributed by atoms with van der Waals surface area (Å²) in [6.07, 6.45) is 1.92. The second kappa shape index (κ2) is 9.53. The summed E-state index contributed by atoms with van der Waals surface area (Å²) >= 11 is 0. The number of aryl methyl sites for hydroxylation is 1. The zero-order chi connectivity index (χ0) is 19.9. The van der Waals surface area contributed by atoms with Crippen molar-refractivity contribution in [1.29, 1.82) is 0 Å². The van der Waals surface area contributed by atoms with Gasteiger partial charge in [0, 0.05) is 18.7 Å². The maximum atomic E-state index is 12.3. The van der Waals surface area contributed by atoms with E-state index in [0.29, 0.717) is 17.8 Å². The third kappa shape index (κ3) is 7.40. The molecule has 2 aromatic rings. The number of hydrogen-bond donors (Lipinski definition) is 2. The van der Waals surface area contributed by atoms with Crippen molar-refractivity contribution in [2.24, 2.45) is 0 Å². The minimum Gasteiger partial charge on any atom is -0.352 e. The molecule has 2 N–H and O–H groups in total. The molecular weight excluding hydrogens is 362 g/mol. The van der Waals surface area contributed by atoms with Gasteiger partial charge in [-0.05, 0) is 50.2 Å². The van der Waals surface area contributed by atoms with E-state index >= 15 is 0 Å². The van der Waals surface area contributed by atoms with Crippen LogP contribution in [0.25, 0.3) is 0 Å². The van der Waals surface area contributed by atoms with Crippen LogP contribution in [0.15, 0.2) is 48.5 Å². The summed E-state index contributed by atoms with van der Waals surface area (Å²) in [6.45, 7) is 4.08. The second-order valence-corrected chi connectivity index (χ2v) is 8.49. The van der Waals surface area contributed by atoms with Crippen LogP contribution in [0.3, 0.4) is 0 Å². The molecule has 0 aliphatic heterocycles. The van der Waals surface area contributed by atoms with Crippen LogP contribution < -0.4 is 10.0 Å². The Morgan fingerprint density at radius 3 is 2.48 bits per heavy atom. The zero-order valence-corrected chi connectivity index (χ0v) is 16.8. The molecule has 0 spiro atoms. The van der Waals surface area contributed by atoms with E-state index in [0.717, 1.165) is 31.3 Å². The van der Waals surface area contributed by atoms with Gasteiger partial charge in [-0.2, -0.15) is 0 Å². The molecule has 0 atom stereocenters. The molecule has 0 fully saturated rings. The molecule has 2 rings (SSSR count). The summed E-state index contributed by atoms with van der Waals surface area (Å²) < 4.78 is 25.3. The van der Waals surface area contributed by atoms with Crippen molar-refractivity contribution in [2.75, 3.05) is 31.1 Å². The number of nitrogens with one attached hydrogen (secondary N) is 2. The fourth-order valence-electron chi connectivity index (χ4n) is 2.70. The van der Waals surface area contributed by atoms with Gasteiger partial charge in [-0.3, -0.25) is 9.52 Å². The molecule has 0 aliphatic carbocycles. The lowest BCUT2D eigenvalue weighted by Gasteiger charge is -2.17. The molecule has 7 heteroatoms. The van der Waals surface area contributed by atoms with Gasteiger partial charge < -0.3 is 10.2 Å². The van der Waals surface area contributed by atoms with Crippen LogP contribution in [0.4, 0.5) is 5.69 Å². The summed E-state index contributed by atoms with van der Waals surface area (Å²) in [5, 5.41) is 2.88. The zero-order valence-electron chi connectivity index (χ0n) is 16.0. The lowest BCUT2D eigenvalue weighted by molar-refractivity contribution is 0.0952. The second-order valence-electron chi connectivity index (χ2n) is 6.74. The molecule has 146 valence electrons. The molecule has 27 heavy (non-hydrogen) atoms. The summed E-state index contributed by atoms with van der Waals surface area (Å²) in [6, 6.07) is 15.2. The highest BCUT2D eigenvalue weighted by atomic mass is 32.2. The number of rotatable bonds is 9. The van der Waals surface area contributed by atoms with Gasteiger partial charge in [-0.1, -0.05) is 36.4 Å². The van der Waals surface area contributed by atoms with Crippen molar-refractivity contribution in [2.45, 2.75) is 19.9 Å². The lowest BCUT2D eigenvalue weighted by atomic mass is 10.1. The van der Waals surface area contributed by atoms with Gasteiger partial charge in [-0.25, -0.2) is 8.42 Å². The summed E-state index contributed by atoms with van der Waals surface area (Å²) in [7, 11) is -1.33. The monoisotopic (exact) mass is 389 g/mol. The number of anilines is 1. The van der Waals surface area contributed by atoms with E-state index in [1.54, 1.807) is 25.1 Å². The number of carbonyl (C=O) groups is 1. The average Bonchev–Trinajstić information content (AvgIpc) is 2.60. The molecule has 6 nitrogen and oxygen atoms in total. The van der Waals surface area contributed by atoms with E-state index in [1.165, 1.54) is 5.56 Å². The van der Waals surface area contributed by atoms with Crippen molar-refractivity contribution in [1.82, 2.24) is 10.2 Å². The number of carbonyl (C=O) groups excluding carboxylic acids is 1. The Labute approximate surface area is 161 Å². The number of nitrogens with zero attached hydrogens (tertiary/aromatic N) is 1. The van der Waals surface area contributed by atoms with Gasteiger partial charge in [0.2, 0.25) is 10.0 Å². The largest absolute Gasteiger partial charge is 0.352 e. The predicted molar refractivity (Wildman–Crippen MR) is 109 cm³/mol. The molecule has 1 amide bonds. The lowest BCUT2D eigenvalue weighted by Crippen LogP contribution is -2.28. The Kier molecular flexibility index (Phi) is 7.38. The van der Waals surface area contributed by atoms with Crippen LogP contribution in [0, 0.1) is 6.92 Å². The summed E-state index contributed by atoms with van der Waals surface area (Å²) in [5.41, 5.74) is 2.88.